The first-order chi connectivity index (χ1) is 6.22. The van der Waals surface area contributed by atoms with Gasteiger partial charge in [-0.2, -0.15) is 0 Å². The molecule has 3 nitrogen and oxygen atoms in total. The molecule has 0 aliphatic heterocycles. The van der Waals surface area contributed by atoms with Crippen LogP contribution in [0.1, 0.15) is 4.88 Å². The van der Waals surface area contributed by atoms with E-state index in [1.54, 1.807) is 0 Å². The molecule has 0 saturated heterocycles. The van der Waals surface area contributed by atoms with E-state index in [9.17, 15) is 4.79 Å². The molecule has 1 rings (SSSR count). The molecule has 13 heavy (non-hydrogen) atoms. The van der Waals surface area contributed by atoms with Gasteiger partial charge in [-0.1, -0.05) is 11.6 Å². The van der Waals surface area contributed by atoms with Crippen LogP contribution in [0.4, 0.5) is 0 Å². The lowest BCUT2D eigenvalue weighted by Crippen LogP contribution is -2.26. The number of amides is 1. The van der Waals surface area contributed by atoms with Crippen LogP contribution in [0.3, 0.4) is 0 Å². The average Bonchev–Trinajstić information content (AvgIpc) is 2.49. The predicted octanol–water partition coefficient (Wildman–Crippen LogP) is 1.66. The minimum atomic E-state index is -0.118. The van der Waals surface area contributed by atoms with Crippen molar-refractivity contribution in [1.29, 1.82) is 0 Å². The van der Waals surface area contributed by atoms with Crippen LogP contribution in [0.25, 0.3) is 0 Å². The molecular formula is C8H10ClNO2S. The van der Waals surface area contributed by atoms with E-state index in [1.807, 2.05) is 12.1 Å². The second-order valence-corrected chi connectivity index (χ2v) is 4.22. The minimum Gasteiger partial charge on any atom is -0.375 e. The molecule has 72 valence electrons. The Hall–Kier alpha value is -0.580. The van der Waals surface area contributed by atoms with Crippen molar-refractivity contribution in [3.05, 3.63) is 21.3 Å². The summed E-state index contributed by atoms with van der Waals surface area (Å²) in [5.41, 5.74) is 0. The van der Waals surface area contributed by atoms with E-state index < -0.39 is 0 Å². The van der Waals surface area contributed by atoms with Gasteiger partial charge in [-0.25, -0.2) is 0 Å². The van der Waals surface area contributed by atoms with Gasteiger partial charge in [-0.15, -0.1) is 11.3 Å². The fourth-order valence-electron chi connectivity index (χ4n) is 0.815. The van der Waals surface area contributed by atoms with Gasteiger partial charge in [0.1, 0.15) is 6.61 Å². The molecule has 0 radical (unpaired) electrons. The number of nitrogens with one attached hydrogen (secondary N) is 1. The standard InChI is InChI=1S/C8H10ClNO2S/c1-12-5-8(11)10-4-6-2-3-7(9)13-6/h2-3H,4-5H2,1H3,(H,10,11). The summed E-state index contributed by atoms with van der Waals surface area (Å²) >= 11 is 7.18. The smallest absolute Gasteiger partial charge is 0.246 e. The van der Waals surface area contributed by atoms with Crippen molar-refractivity contribution >= 4 is 28.8 Å². The van der Waals surface area contributed by atoms with Crippen molar-refractivity contribution in [2.75, 3.05) is 13.7 Å². The zero-order valence-electron chi connectivity index (χ0n) is 7.17. The molecule has 0 saturated carbocycles. The van der Waals surface area contributed by atoms with E-state index in [0.717, 1.165) is 9.21 Å². The van der Waals surface area contributed by atoms with Crippen molar-refractivity contribution in [1.82, 2.24) is 5.32 Å². The Bertz CT molecular complexity index is 287. The van der Waals surface area contributed by atoms with Gasteiger partial charge in [-0.3, -0.25) is 4.79 Å². The molecule has 0 aliphatic rings. The number of carbonyl (C=O) groups excluding carboxylic acids is 1. The Morgan fingerprint density at radius 2 is 2.46 bits per heavy atom. The van der Waals surface area contributed by atoms with Gasteiger partial charge in [0.15, 0.2) is 0 Å². The molecule has 1 aromatic heterocycles. The molecule has 0 bridgehead atoms. The Morgan fingerprint density at radius 3 is 3.00 bits per heavy atom. The van der Waals surface area contributed by atoms with Gasteiger partial charge in [0, 0.05) is 12.0 Å². The number of carbonyl (C=O) groups is 1. The SMILES string of the molecule is COCC(=O)NCc1ccc(Cl)s1. The molecular weight excluding hydrogens is 210 g/mol. The van der Waals surface area contributed by atoms with Crippen LogP contribution in [0.2, 0.25) is 4.34 Å². The van der Waals surface area contributed by atoms with Gasteiger partial charge in [0.05, 0.1) is 10.9 Å². The molecule has 0 aromatic carbocycles. The maximum Gasteiger partial charge on any atom is 0.246 e. The summed E-state index contributed by atoms with van der Waals surface area (Å²) in [4.78, 5) is 12.0. The highest BCUT2D eigenvalue weighted by atomic mass is 35.5. The third-order valence-corrected chi connectivity index (χ3v) is 2.60. The molecule has 0 atom stereocenters. The first-order valence-electron chi connectivity index (χ1n) is 3.72. The summed E-state index contributed by atoms with van der Waals surface area (Å²) in [7, 11) is 1.49. The van der Waals surface area contributed by atoms with E-state index in [1.165, 1.54) is 18.4 Å². The molecule has 0 unspecified atom stereocenters. The summed E-state index contributed by atoms with van der Waals surface area (Å²) in [6.07, 6.45) is 0. The number of hydrogen-bond donors (Lipinski definition) is 1. The normalized spacial score (nSPS) is 10.0. The van der Waals surface area contributed by atoms with Crippen molar-refractivity contribution in [2.45, 2.75) is 6.54 Å². The van der Waals surface area contributed by atoms with E-state index in [0.29, 0.717) is 6.54 Å². The fourth-order valence-corrected chi connectivity index (χ4v) is 1.84. The summed E-state index contributed by atoms with van der Waals surface area (Å²) in [6.45, 7) is 0.610. The Labute approximate surface area is 85.7 Å². The quantitative estimate of drug-likeness (QED) is 0.837. The van der Waals surface area contributed by atoms with Crippen LogP contribution in [0.15, 0.2) is 12.1 Å². The maximum atomic E-state index is 11.0. The van der Waals surface area contributed by atoms with Crippen molar-refractivity contribution < 1.29 is 9.53 Å². The molecule has 1 N–H and O–H groups in total. The number of methoxy groups -OCH3 is 1. The highest BCUT2D eigenvalue weighted by Gasteiger charge is 2.01. The largest absolute Gasteiger partial charge is 0.375 e. The zero-order chi connectivity index (χ0) is 9.68. The Morgan fingerprint density at radius 1 is 1.69 bits per heavy atom. The third kappa shape index (κ3) is 3.76. The third-order valence-electron chi connectivity index (χ3n) is 1.36. The number of rotatable bonds is 4. The molecule has 0 spiro atoms. The van der Waals surface area contributed by atoms with E-state index >= 15 is 0 Å². The summed E-state index contributed by atoms with van der Waals surface area (Å²) < 4.78 is 5.39. The summed E-state index contributed by atoms with van der Waals surface area (Å²) in [6, 6.07) is 3.70. The highest BCUT2D eigenvalue weighted by Crippen LogP contribution is 2.20. The lowest BCUT2D eigenvalue weighted by atomic mass is 10.4. The lowest BCUT2D eigenvalue weighted by molar-refractivity contribution is -0.124. The lowest BCUT2D eigenvalue weighted by Gasteiger charge is -2.01. The van der Waals surface area contributed by atoms with E-state index in [4.69, 9.17) is 11.6 Å². The second-order valence-electron chi connectivity index (χ2n) is 2.42. The van der Waals surface area contributed by atoms with Crippen molar-refractivity contribution in [2.24, 2.45) is 0 Å². The molecule has 1 heterocycles. The summed E-state index contributed by atoms with van der Waals surface area (Å²) in [5, 5.41) is 2.70. The van der Waals surface area contributed by atoms with E-state index in [2.05, 4.69) is 10.1 Å². The van der Waals surface area contributed by atoms with Gasteiger partial charge >= 0.3 is 0 Å². The average molecular weight is 220 g/mol. The van der Waals surface area contributed by atoms with Crippen LogP contribution in [-0.4, -0.2) is 19.6 Å². The molecule has 0 aliphatic carbocycles. The first kappa shape index (κ1) is 10.5. The van der Waals surface area contributed by atoms with Crippen LogP contribution in [0.5, 0.6) is 0 Å². The number of hydrogen-bond acceptors (Lipinski definition) is 3. The van der Waals surface area contributed by atoms with Gasteiger partial charge in [-0.05, 0) is 12.1 Å². The van der Waals surface area contributed by atoms with Crippen LogP contribution < -0.4 is 5.32 Å². The van der Waals surface area contributed by atoms with Crippen LogP contribution >= 0.6 is 22.9 Å². The number of ether oxygens (including phenoxy) is 1. The van der Waals surface area contributed by atoms with Crippen LogP contribution in [-0.2, 0) is 16.1 Å². The highest BCUT2D eigenvalue weighted by molar-refractivity contribution is 7.16. The van der Waals surface area contributed by atoms with Crippen molar-refractivity contribution in [3.8, 4) is 0 Å². The molecule has 1 aromatic rings. The first-order valence-corrected chi connectivity index (χ1v) is 4.91. The monoisotopic (exact) mass is 219 g/mol. The van der Waals surface area contributed by atoms with Crippen molar-refractivity contribution in [3.63, 3.8) is 0 Å². The topological polar surface area (TPSA) is 38.3 Å². The zero-order valence-corrected chi connectivity index (χ0v) is 8.74. The van der Waals surface area contributed by atoms with Gasteiger partial charge in [0.25, 0.3) is 0 Å². The Balaban J connectivity index is 2.30. The Kier molecular flexibility index (Phi) is 4.21. The minimum absolute atomic E-state index is 0.0963. The number of halogens is 1. The second kappa shape index (κ2) is 5.21. The predicted molar refractivity (Wildman–Crippen MR) is 53.1 cm³/mol. The molecule has 5 heteroatoms. The maximum absolute atomic E-state index is 11.0. The van der Waals surface area contributed by atoms with Gasteiger partial charge in [0.2, 0.25) is 5.91 Å². The van der Waals surface area contributed by atoms with E-state index in [-0.39, 0.29) is 12.5 Å². The summed E-state index contributed by atoms with van der Waals surface area (Å²) in [5.74, 6) is -0.118. The van der Waals surface area contributed by atoms with Gasteiger partial charge < -0.3 is 10.1 Å². The number of thiophene rings is 1. The van der Waals surface area contributed by atoms with Crippen LogP contribution in [0, 0.1) is 0 Å². The molecule has 1 amide bonds. The fraction of sp³-hybridized carbons (Fsp3) is 0.375. The molecule has 0 fully saturated rings.